The molecule has 0 aliphatic carbocycles. The minimum absolute atomic E-state index is 0. The first-order chi connectivity index (χ1) is 19.1. The lowest BCUT2D eigenvalue weighted by atomic mass is 9.89. The first kappa shape index (κ1) is 29.2. The Kier molecular flexibility index (Phi) is 9.88. The first-order valence-electron chi connectivity index (χ1n) is 13.7. The van der Waals surface area contributed by atoms with Gasteiger partial charge in [-0.05, 0) is 53.6 Å². The van der Waals surface area contributed by atoms with Gasteiger partial charge in [-0.25, -0.2) is 0 Å². The Morgan fingerprint density at radius 3 is 2.50 bits per heavy atom. The quantitative estimate of drug-likeness (QED) is 0.210. The number of nitrogens with zero attached hydrogens (tertiary/aromatic N) is 1. The highest BCUT2D eigenvalue weighted by Gasteiger charge is 2.33. The van der Waals surface area contributed by atoms with E-state index in [2.05, 4.69) is 53.2 Å². The number of pyridine rings is 1. The predicted molar refractivity (Wildman–Crippen MR) is 152 cm³/mol. The maximum absolute atomic E-state index is 10.8. The van der Waals surface area contributed by atoms with Gasteiger partial charge in [-0.1, -0.05) is 49.2 Å². The predicted octanol–water partition coefficient (Wildman–Crippen LogP) is 3.92. The molecule has 1 aliphatic rings. The third-order valence-electron chi connectivity index (χ3n) is 7.59. The van der Waals surface area contributed by atoms with Crippen molar-refractivity contribution in [1.29, 1.82) is 0 Å². The van der Waals surface area contributed by atoms with E-state index in [9.17, 15) is 4.79 Å². The van der Waals surface area contributed by atoms with Crippen molar-refractivity contribution in [3.63, 3.8) is 0 Å². The molecule has 1 unspecified atom stereocenters. The highest BCUT2D eigenvalue weighted by molar-refractivity contribution is 5.91. The Morgan fingerprint density at radius 2 is 1.75 bits per heavy atom. The number of fused-ring (bicyclic) bond motifs is 4. The van der Waals surface area contributed by atoms with Crippen LogP contribution in [0, 0.1) is 0 Å². The summed E-state index contributed by atoms with van der Waals surface area (Å²) < 4.78 is 19.9. The van der Waals surface area contributed by atoms with Gasteiger partial charge < -0.3 is 31.7 Å². The summed E-state index contributed by atoms with van der Waals surface area (Å²) in [7, 11) is 3.34. The van der Waals surface area contributed by atoms with Crippen molar-refractivity contribution in [3.05, 3.63) is 84.1 Å². The second kappa shape index (κ2) is 13.5. The zero-order chi connectivity index (χ0) is 27.2. The van der Waals surface area contributed by atoms with Crippen LogP contribution in [0.15, 0.2) is 72.9 Å². The highest BCUT2D eigenvalue weighted by atomic mass is 35.5. The minimum Gasteiger partial charge on any atom is -1.00 e. The highest BCUT2D eigenvalue weighted by Crippen LogP contribution is 2.40. The van der Waals surface area contributed by atoms with E-state index in [0.717, 1.165) is 72.1 Å². The second-order valence-electron chi connectivity index (χ2n) is 10.2. The Balaban J connectivity index is 0.00000370. The molecule has 0 fully saturated rings. The fourth-order valence-electron chi connectivity index (χ4n) is 5.58. The SMILES string of the molecule is COc1ccc2cc3[n+](cc2c1OC)C(CCCCCCC(=O)O)Cc1ccc(OCc2ccccc2)cc1-3.[Cl-]. The Labute approximate surface area is 241 Å². The molecule has 2 heterocycles. The summed E-state index contributed by atoms with van der Waals surface area (Å²) in [6, 6.07) is 23.2. The zero-order valence-electron chi connectivity index (χ0n) is 23.1. The molecule has 0 saturated heterocycles. The number of unbranched alkanes of at least 4 members (excludes halogenated alkanes) is 3. The van der Waals surface area contributed by atoms with Crippen molar-refractivity contribution >= 4 is 16.7 Å². The molecule has 0 spiro atoms. The van der Waals surface area contributed by atoms with Gasteiger partial charge in [-0.15, -0.1) is 0 Å². The molecule has 1 aromatic heterocycles. The molecule has 1 atom stereocenters. The van der Waals surface area contributed by atoms with Crippen LogP contribution in [0.25, 0.3) is 22.0 Å². The lowest BCUT2D eigenvalue weighted by Gasteiger charge is -2.24. The van der Waals surface area contributed by atoms with E-state index in [0.29, 0.717) is 18.4 Å². The molecule has 0 amide bonds. The third kappa shape index (κ3) is 6.50. The normalized spacial score (nSPS) is 13.6. The number of hydrogen-bond acceptors (Lipinski definition) is 4. The summed E-state index contributed by atoms with van der Waals surface area (Å²) >= 11 is 0. The molecule has 7 heteroatoms. The number of benzene rings is 3. The van der Waals surface area contributed by atoms with Crippen LogP contribution in [-0.2, 0) is 17.8 Å². The van der Waals surface area contributed by atoms with E-state index < -0.39 is 5.97 Å². The molecule has 4 aromatic rings. The molecule has 0 radical (unpaired) electrons. The summed E-state index contributed by atoms with van der Waals surface area (Å²) in [5.41, 5.74) is 4.81. The molecule has 1 N–H and O–H groups in total. The van der Waals surface area contributed by atoms with E-state index in [1.165, 1.54) is 11.1 Å². The van der Waals surface area contributed by atoms with Crippen LogP contribution in [0.2, 0.25) is 0 Å². The van der Waals surface area contributed by atoms with Crippen LogP contribution < -0.4 is 31.2 Å². The van der Waals surface area contributed by atoms with Crippen molar-refractivity contribution in [2.24, 2.45) is 0 Å². The van der Waals surface area contributed by atoms with Gasteiger partial charge in [0.1, 0.15) is 12.4 Å². The van der Waals surface area contributed by atoms with Gasteiger partial charge in [-0.2, -0.15) is 4.57 Å². The van der Waals surface area contributed by atoms with E-state index >= 15 is 0 Å². The van der Waals surface area contributed by atoms with Gasteiger partial charge in [0.25, 0.3) is 0 Å². The number of carboxylic acid groups (broad SMARTS) is 1. The fourth-order valence-corrected chi connectivity index (χ4v) is 5.58. The number of carbonyl (C=O) groups is 1. The minimum atomic E-state index is -0.716. The molecule has 6 nitrogen and oxygen atoms in total. The maximum Gasteiger partial charge on any atom is 0.303 e. The van der Waals surface area contributed by atoms with Crippen LogP contribution in [0.3, 0.4) is 0 Å². The lowest BCUT2D eigenvalue weighted by Crippen LogP contribution is -3.00. The van der Waals surface area contributed by atoms with Crippen LogP contribution >= 0.6 is 0 Å². The third-order valence-corrected chi connectivity index (χ3v) is 7.59. The van der Waals surface area contributed by atoms with Gasteiger partial charge in [0.05, 0.1) is 25.2 Å². The smallest absolute Gasteiger partial charge is 0.303 e. The van der Waals surface area contributed by atoms with Crippen LogP contribution in [0.5, 0.6) is 17.2 Å². The van der Waals surface area contributed by atoms with E-state index in [4.69, 9.17) is 19.3 Å². The van der Waals surface area contributed by atoms with Crippen molar-refractivity contribution < 1.29 is 41.1 Å². The molecule has 0 saturated carbocycles. The van der Waals surface area contributed by atoms with Crippen LogP contribution in [0.1, 0.15) is 55.7 Å². The molecule has 5 rings (SSSR count). The number of aliphatic carboxylic acids is 1. The lowest BCUT2D eigenvalue weighted by molar-refractivity contribution is -0.714. The fraction of sp³-hybridized carbons (Fsp3) is 0.333. The van der Waals surface area contributed by atoms with Crippen molar-refractivity contribution in [3.8, 4) is 28.5 Å². The van der Waals surface area contributed by atoms with Crippen molar-refractivity contribution in [1.82, 2.24) is 0 Å². The number of aromatic nitrogens is 1. The van der Waals surface area contributed by atoms with Gasteiger partial charge in [-0.3, -0.25) is 4.79 Å². The van der Waals surface area contributed by atoms with Gasteiger partial charge in [0.2, 0.25) is 5.69 Å². The molecular weight excluding hydrogens is 526 g/mol. The van der Waals surface area contributed by atoms with E-state index in [-0.39, 0.29) is 18.8 Å². The van der Waals surface area contributed by atoms with Crippen LogP contribution in [0.4, 0.5) is 0 Å². The molecule has 210 valence electrons. The van der Waals surface area contributed by atoms with Gasteiger partial charge >= 0.3 is 5.97 Å². The summed E-state index contributed by atoms with van der Waals surface area (Å²) in [6.07, 6.45) is 8.17. The summed E-state index contributed by atoms with van der Waals surface area (Å²) in [6.45, 7) is 0.527. The number of halogens is 1. The summed E-state index contributed by atoms with van der Waals surface area (Å²) in [5, 5.41) is 11.0. The topological polar surface area (TPSA) is 68.9 Å². The van der Waals surface area contributed by atoms with Crippen LogP contribution in [-0.4, -0.2) is 25.3 Å². The maximum atomic E-state index is 10.8. The van der Waals surface area contributed by atoms with Crippen molar-refractivity contribution in [2.45, 2.75) is 57.6 Å². The zero-order valence-corrected chi connectivity index (χ0v) is 23.8. The Hall–Kier alpha value is -3.77. The largest absolute Gasteiger partial charge is 1.00 e. The summed E-state index contributed by atoms with van der Waals surface area (Å²) in [4.78, 5) is 10.8. The number of carboxylic acids is 1. The molecule has 1 aliphatic heterocycles. The number of ether oxygens (including phenoxy) is 3. The Morgan fingerprint density at radius 1 is 0.950 bits per heavy atom. The number of rotatable bonds is 12. The monoisotopic (exact) mass is 561 g/mol. The van der Waals surface area contributed by atoms with E-state index in [1.54, 1.807) is 14.2 Å². The second-order valence-corrected chi connectivity index (χ2v) is 10.2. The molecule has 40 heavy (non-hydrogen) atoms. The number of hydrogen-bond donors (Lipinski definition) is 1. The first-order valence-corrected chi connectivity index (χ1v) is 13.7. The van der Waals surface area contributed by atoms with Crippen molar-refractivity contribution in [2.75, 3.05) is 14.2 Å². The number of methoxy groups -OCH3 is 2. The molecule has 0 bridgehead atoms. The van der Waals surface area contributed by atoms with Gasteiger partial charge in [0.15, 0.2) is 23.7 Å². The molecule has 3 aromatic carbocycles. The standard InChI is InChI=1S/C33H35NO5.ClH/c1-37-31-17-15-25-19-30-28-20-27(39-22-23-10-6-5-7-11-23)16-14-24(28)18-26(12-8-3-4-9-13-32(35)36)34(30)21-29(25)33(31)38-2;/h5-7,10-11,14-17,19-21,26H,3-4,8-9,12-13,18,22H2,1-2H3;1H. The average molecular weight is 562 g/mol. The molecular formula is C33H36ClNO5. The summed E-state index contributed by atoms with van der Waals surface area (Å²) in [5.74, 6) is 1.59. The van der Waals surface area contributed by atoms with E-state index in [1.807, 2.05) is 24.3 Å². The Bertz CT molecular complexity index is 1460. The van der Waals surface area contributed by atoms with Gasteiger partial charge in [0, 0.05) is 25.3 Å². The average Bonchev–Trinajstić information content (AvgIpc) is 2.96.